The van der Waals surface area contributed by atoms with Crippen molar-refractivity contribution >= 4 is 10.8 Å². The summed E-state index contributed by atoms with van der Waals surface area (Å²) in [5.41, 5.74) is 6.72. The molecule has 0 fully saturated rings. The molecule has 0 aliphatic heterocycles. The van der Waals surface area contributed by atoms with E-state index in [1.807, 2.05) is 31.3 Å². The van der Waals surface area contributed by atoms with Crippen LogP contribution in [0.3, 0.4) is 0 Å². The highest BCUT2D eigenvalue weighted by Gasteiger charge is 1.97. The minimum Gasteiger partial charge on any atom is -0.318 e. The lowest BCUT2D eigenvalue weighted by atomic mass is 10.1. The van der Waals surface area contributed by atoms with Crippen molar-refractivity contribution in [2.24, 2.45) is 5.73 Å². The predicted molar refractivity (Wildman–Crippen MR) is 66.9 cm³/mol. The number of hydrogen-bond acceptors (Lipinski definition) is 2. The number of fused-ring (bicyclic) bond motifs is 1. The van der Waals surface area contributed by atoms with Crippen LogP contribution in [0.4, 0.5) is 0 Å². The Morgan fingerprint density at radius 2 is 2.12 bits per heavy atom. The summed E-state index contributed by atoms with van der Waals surface area (Å²) < 4.78 is 0. The average molecular weight is 210 g/mol. The van der Waals surface area contributed by atoms with E-state index < -0.39 is 0 Å². The largest absolute Gasteiger partial charge is 0.318 e. The van der Waals surface area contributed by atoms with E-state index >= 15 is 0 Å². The highest BCUT2D eigenvalue weighted by molar-refractivity contribution is 5.87. The molecule has 1 aromatic carbocycles. The Morgan fingerprint density at radius 3 is 2.94 bits per heavy atom. The van der Waals surface area contributed by atoms with Crippen LogP contribution in [0.5, 0.6) is 0 Å². The van der Waals surface area contributed by atoms with Crippen molar-refractivity contribution in [1.29, 1.82) is 0 Å². The summed E-state index contributed by atoms with van der Waals surface area (Å²) >= 11 is 0. The van der Waals surface area contributed by atoms with Crippen LogP contribution >= 0.6 is 0 Å². The van der Waals surface area contributed by atoms with Crippen LogP contribution in [0.15, 0.2) is 36.7 Å². The smallest absolute Gasteiger partial charge is 0.0665 e. The van der Waals surface area contributed by atoms with E-state index in [0.29, 0.717) is 0 Å². The molecule has 16 heavy (non-hydrogen) atoms. The third kappa shape index (κ3) is 2.21. The number of rotatable bonds is 1. The van der Waals surface area contributed by atoms with Gasteiger partial charge in [0.05, 0.1) is 11.6 Å². The molecule has 0 saturated heterocycles. The van der Waals surface area contributed by atoms with Crippen LogP contribution in [0, 0.1) is 11.8 Å². The van der Waals surface area contributed by atoms with Gasteiger partial charge in [-0.05, 0) is 6.42 Å². The van der Waals surface area contributed by atoms with Gasteiger partial charge < -0.3 is 5.73 Å². The molecular weight excluding hydrogens is 196 g/mol. The first kappa shape index (κ1) is 10.7. The molecule has 2 N–H and O–H groups in total. The van der Waals surface area contributed by atoms with Gasteiger partial charge in [0.25, 0.3) is 0 Å². The minimum atomic E-state index is -0.0565. The molecule has 1 aromatic heterocycles. The molecule has 0 saturated carbocycles. The zero-order chi connectivity index (χ0) is 11.4. The van der Waals surface area contributed by atoms with Crippen molar-refractivity contribution in [1.82, 2.24) is 4.98 Å². The van der Waals surface area contributed by atoms with Gasteiger partial charge in [0, 0.05) is 23.2 Å². The lowest BCUT2D eigenvalue weighted by molar-refractivity contribution is 0.806. The molecule has 2 rings (SSSR count). The first-order valence-corrected chi connectivity index (χ1v) is 5.41. The third-order valence-corrected chi connectivity index (χ3v) is 2.50. The fourth-order valence-corrected chi connectivity index (χ4v) is 1.49. The van der Waals surface area contributed by atoms with Gasteiger partial charge in [0.1, 0.15) is 0 Å². The summed E-state index contributed by atoms with van der Waals surface area (Å²) in [6.45, 7) is 2.03. The van der Waals surface area contributed by atoms with Gasteiger partial charge in [-0.15, -0.1) is 0 Å². The molecule has 0 bridgehead atoms. The number of pyridine rings is 1. The number of aromatic nitrogens is 1. The quantitative estimate of drug-likeness (QED) is 0.734. The Labute approximate surface area is 95.5 Å². The molecule has 1 heterocycles. The summed E-state index contributed by atoms with van der Waals surface area (Å²) in [5.74, 6) is 6.13. The predicted octanol–water partition coefficient (Wildman–Crippen LogP) is 2.32. The molecule has 2 aromatic rings. The number of nitrogens with zero attached hydrogens (tertiary/aromatic N) is 1. The van der Waals surface area contributed by atoms with Gasteiger partial charge >= 0.3 is 0 Å². The Morgan fingerprint density at radius 1 is 1.31 bits per heavy atom. The highest BCUT2D eigenvalue weighted by atomic mass is 14.6. The Kier molecular flexibility index (Phi) is 3.19. The van der Waals surface area contributed by atoms with E-state index in [9.17, 15) is 0 Å². The zero-order valence-electron chi connectivity index (χ0n) is 9.27. The maximum absolute atomic E-state index is 5.77. The zero-order valence-corrected chi connectivity index (χ0v) is 9.27. The van der Waals surface area contributed by atoms with E-state index in [-0.39, 0.29) is 6.04 Å². The maximum atomic E-state index is 5.77. The monoisotopic (exact) mass is 210 g/mol. The molecule has 0 spiro atoms. The van der Waals surface area contributed by atoms with Gasteiger partial charge in [-0.3, -0.25) is 4.98 Å². The second-order valence-corrected chi connectivity index (χ2v) is 3.69. The van der Waals surface area contributed by atoms with Crippen molar-refractivity contribution in [2.75, 3.05) is 0 Å². The first-order valence-electron chi connectivity index (χ1n) is 5.41. The minimum absolute atomic E-state index is 0.0565. The number of nitrogens with two attached hydrogens (primary N) is 1. The second-order valence-electron chi connectivity index (χ2n) is 3.69. The van der Waals surface area contributed by atoms with Crippen LogP contribution in [-0.2, 0) is 0 Å². The molecule has 1 unspecified atom stereocenters. The van der Waals surface area contributed by atoms with E-state index in [4.69, 9.17) is 5.73 Å². The Bertz CT molecular complexity index is 544. The normalized spacial score (nSPS) is 11.9. The van der Waals surface area contributed by atoms with Gasteiger partial charge in [0.2, 0.25) is 0 Å². The number of hydrogen-bond donors (Lipinski definition) is 1. The van der Waals surface area contributed by atoms with E-state index in [2.05, 4.69) is 22.9 Å². The average Bonchev–Trinajstić information content (AvgIpc) is 2.35. The Hall–Kier alpha value is -1.85. The Balaban J connectivity index is 2.47. The van der Waals surface area contributed by atoms with Crippen LogP contribution in [0.1, 0.15) is 18.9 Å². The van der Waals surface area contributed by atoms with Crippen molar-refractivity contribution in [3.8, 4) is 11.8 Å². The van der Waals surface area contributed by atoms with Crippen LogP contribution < -0.4 is 5.73 Å². The topological polar surface area (TPSA) is 38.9 Å². The highest BCUT2D eigenvalue weighted by Crippen LogP contribution is 2.15. The fourth-order valence-electron chi connectivity index (χ4n) is 1.49. The fraction of sp³-hybridized carbons (Fsp3) is 0.214. The SMILES string of the molecule is CCC(N)C#Cc1cncc2ccccc12. The van der Waals surface area contributed by atoms with Gasteiger partial charge in [0.15, 0.2) is 0 Å². The molecule has 0 aliphatic carbocycles. The maximum Gasteiger partial charge on any atom is 0.0665 e. The summed E-state index contributed by atoms with van der Waals surface area (Å²) in [6.07, 6.45) is 4.50. The summed E-state index contributed by atoms with van der Waals surface area (Å²) in [5, 5.41) is 2.24. The standard InChI is InChI=1S/C14H14N2/c1-2-13(15)8-7-12-10-16-9-11-5-3-4-6-14(11)12/h3-6,9-10,13H,2,15H2,1H3. The lowest BCUT2D eigenvalue weighted by Crippen LogP contribution is -2.15. The van der Waals surface area contributed by atoms with Crippen molar-refractivity contribution in [2.45, 2.75) is 19.4 Å². The molecule has 0 radical (unpaired) electrons. The molecule has 2 nitrogen and oxygen atoms in total. The summed E-state index contributed by atoms with van der Waals surface area (Å²) in [4.78, 5) is 4.17. The lowest BCUT2D eigenvalue weighted by Gasteiger charge is -2.00. The van der Waals surface area contributed by atoms with Gasteiger partial charge in [-0.2, -0.15) is 0 Å². The van der Waals surface area contributed by atoms with Crippen LogP contribution in [0.2, 0.25) is 0 Å². The molecule has 0 amide bonds. The molecular formula is C14H14N2. The van der Waals surface area contributed by atoms with Gasteiger partial charge in [-0.1, -0.05) is 43.0 Å². The van der Waals surface area contributed by atoms with Crippen molar-refractivity contribution in [3.05, 3.63) is 42.2 Å². The first-order chi connectivity index (χ1) is 7.81. The molecule has 2 heteroatoms. The van der Waals surface area contributed by atoms with Crippen LogP contribution in [-0.4, -0.2) is 11.0 Å². The molecule has 0 aliphatic rings. The van der Waals surface area contributed by atoms with E-state index in [0.717, 1.165) is 22.8 Å². The van der Waals surface area contributed by atoms with E-state index in [1.54, 1.807) is 6.20 Å². The third-order valence-electron chi connectivity index (χ3n) is 2.50. The number of benzene rings is 1. The van der Waals surface area contributed by atoms with Gasteiger partial charge in [-0.25, -0.2) is 0 Å². The van der Waals surface area contributed by atoms with E-state index in [1.165, 1.54) is 0 Å². The van der Waals surface area contributed by atoms with Crippen molar-refractivity contribution < 1.29 is 0 Å². The molecule has 1 atom stereocenters. The second kappa shape index (κ2) is 4.78. The summed E-state index contributed by atoms with van der Waals surface area (Å²) in [6, 6.07) is 8.04. The van der Waals surface area contributed by atoms with Crippen molar-refractivity contribution in [3.63, 3.8) is 0 Å². The molecule has 80 valence electrons. The van der Waals surface area contributed by atoms with Crippen LogP contribution in [0.25, 0.3) is 10.8 Å². The summed E-state index contributed by atoms with van der Waals surface area (Å²) in [7, 11) is 0.